The molecule has 1 heterocycles. The second-order valence-corrected chi connectivity index (χ2v) is 5.39. The number of hydrogen-bond acceptors (Lipinski definition) is 4. The zero-order chi connectivity index (χ0) is 16.2. The summed E-state index contributed by atoms with van der Waals surface area (Å²) in [6, 6.07) is 17.6. The van der Waals surface area contributed by atoms with Crippen LogP contribution in [0.5, 0.6) is 5.75 Å². The van der Waals surface area contributed by atoms with Gasteiger partial charge in [-0.05, 0) is 12.1 Å². The molecule has 23 heavy (non-hydrogen) atoms. The van der Waals surface area contributed by atoms with Gasteiger partial charge in [-0.25, -0.2) is 4.79 Å². The quantitative estimate of drug-likeness (QED) is 0.620. The van der Waals surface area contributed by atoms with Crippen LogP contribution in [0.1, 0.15) is 16.8 Å². The first-order valence-corrected chi connectivity index (χ1v) is 7.45. The Morgan fingerprint density at radius 1 is 1.04 bits per heavy atom. The van der Waals surface area contributed by atoms with Crippen LogP contribution in [0, 0.1) is 0 Å². The molecule has 0 spiro atoms. The predicted octanol–water partition coefficient (Wildman–Crippen LogP) is 3.71. The van der Waals surface area contributed by atoms with E-state index in [2.05, 4.69) is 0 Å². The first kappa shape index (κ1) is 15.3. The molecule has 0 fully saturated rings. The molecule has 1 aliphatic rings. The third-order valence-electron chi connectivity index (χ3n) is 3.36. The van der Waals surface area contributed by atoms with Gasteiger partial charge in [-0.1, -0.05) is 60.1 Å². The fourth-order valence-electron chi connectivity index (χ4n) is 2.22. The van der Waals surface area contributed by atoms with Crippen molar-refractivity contribution in [2.24, 2.45) is 0 Å². The Labute approximate surface area is 138 Å². The molecule has 3 rings (SSSR count). The van der Waals surface area contributed by atoms with E-state index in [0.29, 0.717) is 11.3 Å². The number of carbonyl (C=O) groups is 2. The SMILES string of the molecule is O=C1OC(CC(=O)c2ccccc2)C(Cl)=C1Oc1ccccc1. The molecule has 0 saturated heterocycles. The third kappa shape index (κ3) is 3.43. The zero-order valence-electron chi connectivity index (χ0n) is 12.1. The Morgan fingerprint density at radius 3 is 2.30 bits per heavy atom. The minimum atomic E-state index is -0.810. The van der Waals surface area contributed by atoms with E-state index >= 15 is 0 Å². The number of esters is 1. The lowest BCUT2D eigenvalue weighted by atomic mass is 10.1. The number of hydrogen-bond donors (Lipinski definition) is 0. The summed E-state index contributed by atoms with van der Waals surface area (Å²) in [5, 5.41) is 0.114. The van der Waals surface area contributed by atoms with Crippen LogP contribution >= 0.6 is 11.6 Å². The Hall–Kier alpha value is -2.59. The zero-order valence-corrected chi connectivity index (χ0v) is 12.8. The number of ketones is 1. The number of benzene rings is 2. The van der Waals surface area contributed by atoms with Gasteiger partial charge < -0.3 is 9.47 Å². The summed E-state index contributed by atoms with van der Waals surface area (Å²) in [7, 11) is 0. The topological polar surface area (TPSA) is 52.6 Å². The van der Waals surface area contributed by atoms with Crippen molar-refractivity contribution >= 4 is 23.4 Å². The van der Waals surface area contributed by atoms with Crippen molar-refractivity contribution < 1.29 is 19.1 Å². The first-order chi connectivity index (χ1) is 11.1. The number of carbonyl (C=O) groups excluding carboxylic acids is 2. The van der Waals surface area contributed by atoms with Gasteiger partial charge in [-0.3, -0.25) is 4.79 Å². The lowest BCUT2D eigenvalue weighted by molar-refractivity contribution is -0.141. The number of cyclic esters (lactones) is 1. The van der Waals surface area contributed by atoms with Crippen molar-refractivity contribution in [3.63, 3.8) is 0 Å². The average Bonchev–Trinajstić information content (AvgIpc) is 2.84. The van der Waals surface area contributed by atoms with Gasteiger partial charge >= 0.3 is 5.97 Å². The van der Waals surface area contributed by atoms with Crippen molar-refractivity contribution in [1.29, 1.82) is 0 Å². The van der Waals surface area contributed by atoms with Gasteiger partial charge in [-0.15, -0.1) is 0 Å². The maximum absolute atomic E-state index is 12.2. The van der Waals surface area contributed by atoms with Crippen LogP contribution in [0.2, 0.25) is 0 Å². The van der Waals surface area contributed by atoms with Crippen molar-refractivity contribution in [2.75, 3.05) is 0 Å². The number of para-hydroxylation sites is 1. The molecular formula is C18H13ClO4. The molecule has 1 unspecified atom stereocenters. The van der Waals surface area contributed by atoms with Crippen molar-refractivity contribution in [1.82, 2.24) is 0 Å². The minimum absolute atomic E-state index is 0.0176. The maximum Gasteiger partial charge on any atom is 0.376 e. The lowest BCUT2D eigenvalue weighted by Crippen LogP contribution is -2.15. The maximum atomic E-state index is 12.2. The molecule has 0 N–H and O–H groups in total. The lowest BCUT2D eigenvalue weighted by Gasteiger charge is -2.08. The van der Waals surface area contributed by atoms with Crippen molar-refractivity contribution in [3.8, 4) is 5.75 Å². The molecule has 2 aromatic rings. The number of halogens is 1. The van der Waals surface area contributed by atoms with Gasteiger partial charge in [0.2, 0.25) is 5.76 Å². The van der Waals surface area contributed by atoms with E-state index < -0.39 is 12.1 Å². The summed E-state index contributed by atoms with van der Waals surface area (Å²) in [6.07, 6.45) is -0.827. The van der Waals surface area contributed by atoms with Crippen LogP contribution in [0.4, 0.5) is 0 Å². The molecule has 5 heteroatoms. The minimum Gasteiger partial charge on any atom is -0.450 e. The molecule has 0 radical (unpaired) electrons. The van der Waals surface area contributed by atoms with Crippen LogP contribution in [-0.4, -0.2) is 17.9 Å². The second kappa shape index (κ2) is 6.67. The van der Waals surface area contributed by atoms with E-state index in [1.807, 2.05) is 12.1 Å². The molecule has 1 aliphatic heterocycles. The summed E-state index contributed by atoms with van der Waals surface area (Å²) in [6.45, 7) is 0. The van der Waals surface area contributed by atoms with Crippen LogP contribution in [0.15, 0.2) is 71.5 Å². The highest BCUT2D eigenvalue weighted by Crippen LogP contribution is 2.31. The summed E-state index contributed by atoms with van der Waals surface area (Å²) in [5.41, 5.74) is 0.547. The summed E-state index contributed by atoms with van der Waals surface area (Å²) < 4.78 is 10.6. The van der Waals surface area contributed by atoms with Crippen molar-refractivity contribution in [2.45, 2.75) is 12.5 Å². The van der Waals surface area contributed by atoms with Crippen LogP contribution < -0.4 is 4.74 Å². The highest BCUT2D eigenvalue weighted by atomic mass is 35.5. The molecule has 0 saturated carbocycles. The summed E-state index contributed by atoms with van der Waals surface area (Å²) >= 11 is 6.18. The highest BCUT2D eigenvalue weighted by Gasteiger charge is 2.36. The molecule has 0 aliphatic carbocycles. The van der Waals surface area contributed by atoms with Gasteiger partial charge in [-0.2, -0.15) is 0 Å². The molecule has 2 aromatic carbocycles. The fourth-order valence-corrected chi connectivity index (χ4v) is 2.45. The highest BCUT2D eigenvalue weighted by molar-refractivity contribution is 6.33. The number of Topliss-reactive ketones (excluding diaryl/α,β-unsaturated/α-hetero) is 1. The smallest absolute Gasteiger partial charge is 0.376 e. The Bertz CT molecular complexity index is 753. The summed E-state index contributed by atoms with van der Waals surface area (Å²) in [4.78, 5) is 24.1. The molecule has 0 bridgehead atoms. The largest absolute Gasteiger partial charge is 0.450 e. The van der Waals surface area contributed by atoms with Gasteiger partial charge in [0.1, 0.15) is 16.9 Å². The van der Waals surface area contributed by atoms with Crippen LogP contribution in [0.25, 0.3) is 0 Å². The van der Waals surface area contributed by atoms with E-state index in [9.17, 15) is 9.59 Å². The normalized spacial score (nSPS) is 17.1. The van der Waals surface area contributed by atoms with Crippen LogP contribution in [-0.2, 0) is 9.53 Å². The van der Waals surface area contributed by atoms with Gasteiger partial charge in [0.05, 0.1) is 6.42 Å². The Kier molecular flexibility index (Phi) is 4.44. The Balaban J connectivity index is 1.75. The molecule has 0 aromatic heterocycles. The fraction of sp³-hybridized carbons (Fsp3) is 0.111. The van der Waals surface area contributed by atoms with Gasteiger partial charge in [0.15, 0.2) is 5.78 Å². The van der Waals surface area contributed by atoms with Gasteiger partial charge in [0, 0.05) is 5.56 Å². The third-order valence-corrected chi connectivity index (χ3v) is 3.78. The Morgan fingerprint density at radius 2 is 1.65 bits per heavy atom. The van der Waals surface area contributed by atoms with Crippen molar-refractivity contribution in [3.05, 3.63) is 77.0 Å². The molecule has 1 atom stereocenters. The molecular weight excluding hydrogens is 316 g/mol. The predicted molar refractivity (Wildman–Crippen MR) is 85.2 cm³/mol. The molecule has 0 amide bonds. The number of ether oxygens (including phenoxy) is 2. The van der Waals surface area contributed by atoms with E-state index in [-0.39, 0.29) is 23.0 Å². The van der Waals surface area contributed by atoms with E-state index in [0.717, 1.165) is 0 Å². The van der Waals surface area contributed by atoms with Gasteiger partial charge in [0.25, 0.3) is 0 Å². The number of rotatable bonds is 5. The summed E-state index contributed by atoms with van der Waals surface area (Å²) in [5.74, 6) is -0.399. The molecule has 116 valence electrons. The van der Waals surface area contributed by atoms with E-state index in [1.165, 1.54) is 0 Å². The van der Waals surface area contributed by atoms with E-state index in [1.54, 1.807) is 48.5 Å². The monoisotopic (exact) mass is 328 g/mol. The first-order valence-electron chi connectivity index (χ1n) is 7.07. The van der Waals surface area contributed by atoms with E-state index in [4.69, 9.17) is 21.1 Å². The standard InChI is InChI=1S/C18H13ClO4/c19-16-15(11-14(20)12-7-3-1-4-8-12)23-18(21)17(16)22-13-9-5-2-6-10-13/h1-10,15H,11H2. The average molecular weight is 329 g/mol. The van der Waals surface area contributed by atoms with Crippen LogP contribution in [0.3, 0.4) is 0 Å². The second-order valence-electron chi connectivity index (χ2n) is 4.98. The molecule has 4 nitrogen and oxygen atoms in total.